The maximum absolute atomic E-state index is 13.4. The second kappa shape index (κ2) is 7.32. The summed E-state index contributed by atoms with van der Waals surface area (Å²) in [5.41, 5.74) is 4.73. The highest BCUT2D eigenvalue weighted by atomic mass is 19.2. The largest absolute Gasteiger partial charge is 0.368 e. The van der Waals surface area contributed by atoms with Gasteiger partial charge in [-0.05, 0) is 44.0 Å². The summed E-state index contributed by atoms with van der Waals surface area (Å²) in [7, 11) is 0. The molecule has 1 fully saturated rings. The quantitative estimate of drug-likeness (QED) is 0.870. The van der Waals surface area contributed by atoms with Gasteiger partial charge in [-0.3, -0.25) is 0 Å². The smallest absolute Gasteiger partial charge is 0.321 e. The Bertz CT molecular complexity index is 807. The summed E-state index contributed by atoms with van der Waals surface area (Å²) in [5.74, 6) is -1.71. The molecular formula is C20H23F2N3O. The molecule has 1 N–H and O–H groups in total. The summed E-state index contributed by atoms with van der Waals surface area (Å²) in [6, 6.07) is 7.85. The van der Waals surface area contributed by atoms with Gasteiger partial charge in [0.15, 0.2) is 11.6 Å². The molecule has 0 bridgehead atoms. The minimum atomic E-state index is -0.854. The Kier molecular flexibility index (Phi) is 5.11. The van der Waals surface area contributed by atoms with Crippen molar-refractivity contribution in [3.63, 3.8) is 0 Å². The number of nitrogens with one attached hydrogen (secondary N) is 1. The van der Waals surface area contributed by atoms with E-state index in [2.05, 4.69) is 5.32 Å². The first-order valence-corrected chi connectivity index (χ1v) is 8.69. The second-order valence-electron chi connectivity index (χ2n) is 6.78. The topological polar surface area (TPSA) is 35.6 Å². The summed E-state index contributed by atoms with van der Waals surface area (Å²) in [5, 5.41) is 3.01. The lowest BCUT2D eigenvalue weighted by Gasteiger charge is -2.36. The van der Waals surface area contributed by atoms with E-state index in [9.17, 15) is 13.6 Å². The summed E-state index contributed by atoms with van der Waals surface area (Å²) in [4.78, 5) is 16.3. The number of nitrogens with zero attached hydrogens (tertiary/aromatic N) is 2. The fourth-order valence-corrected chi connectivity index (χ4v) is 3.41. The van der Waals surface area contributed by atoms with E-state index in [0.29, 0.717) is 31.9 Å². The molecule has 1 aliphatic heterocycles. The molecule has 1 heterocycles. The highest BCUT2D eigenvalue weighted by Gasteiger charge is 2.22. The van der Waals surface area contributed by atoms with E-state index in [4.69, 9.17) is 0 Å². The van der Waals surface area contributed by atoms with Gasteiger partial charge in [-0.1, -0.05) is 17.7 Å². The Morgan fingerprint density at radius 2 is 1.54 bits per heavy atom. The number of hydrogen-bond donors (Lipinski definition) is 1. The Hall–Kier alpha value is -2.63. The number of halogens is 2. The van der Waals surface area contributed by atoms with Crippen LogP contribution in [-0.4, -0.2) is 37.1 Å². The third-order valence-electron chi connectivity index (χ3n) is 4.74. The fourth-order valence-electron chi connectivity index (χ4n) is 3.41. The number of carbonyl (C=O) groups is 1. The molecule has 2 aromatic carbocycles. The molecule has 0 radical (unpaired) electrons. The Balaban J connectivity index is 1.63. The van der Waals surface area contributed by atoms with Gasteiger partial charge < -0.3 is 15.1 Å². The Labute approximate surface area is 152 Å². The Morgan fingerprint density at radius 3 is 2.12 bits per heavy atom. The van der Waals surface area contributed by atoms with E-state index in [0.717, 1.165) is 28.4 Å². The molecule has 138 valence electrons. The maximum atomic E-state index is 13.4. The zero-order chi connectivity index (χ0) is 18.8. The van der Waals surface area contributed by atoms with Crippen LogP contribution >= 0.6 is 0 Å². The average molecular weight is 359 g/mol. The van der Waals surface area contributed by atoms with Crippen LogP contribution in [-0.2, 0) is 0 Å². The summed E-state index contributed by atoms with van der Waals surface area (Å²) in [6.45, 7) is 8.19. The summed E-state index contributed by atoms with van der Waals surface area (Å²) in [6.07, 6.45) is 0. The maximum Gasteiger partial charge on any atom is 0.321 e. The number of piperazine rings is 1. The van der Waals surface area contributed by atoms with Crippen molar-refractivity contribution >= 4 is 17.4 Å². The lowest BCUT2D eigenvalue weighted by molar-refractivity contribution is 0.208. The molecule has 0 aromatic heterocycles. The van der Waals surface area contributed by atoms with Gasteiger partial charge in [0, 0.05) is 43.6 Å². The van der Waals surface area contributed by atoms with Crippen molar-refractivity contribution in [2.24, 2.45) is 0 Å². The lowest BCUT2D eigenvalue weighted by atomic mass is 10.1. The third-order valence-corrected chi connectivity index (χ3v) is 4.74. The zero-order valence-corrected chi connectivity index (χ0v) is 15.3. The molecule has 3 rings (SSSR count). The van der Waals surface area contributed by atoms with Gasteiger partial charge in [0.05, 0.1) is 0 Å². The number of benzene rings is 2. The normalized spacial score (nSPS) is 14.5. The van der Waals surface area contributed by atoms with Crippen molar-refractivity contribution < 1.29 is 13.6 Å². The molecule has 2 aromatic rings. The summed E-state index contributed by atoms with van der Waals surface area (Å²) < 4.78 is 26.5. The number of amides is 2. The molecule has 0 atom stereocenters. The third kappa shape index (κ3) is 3.79. The minimum Gasteiger partial charge on any atom is -0.368 e. The van der Waals surface area contributed by atoms with Crippen molar-refractivity contribution in [3.05, 3.63) is 58.7 Å². The number of urea groups is 1. The van der Waals surface area contributed by atoms with Gasteiger partial charge in [0.2, 0.25) is 0 Å². The van der Waals surface area contributed by atoms with Crippen molar-refractivity contribution in [3.8, 4) is 0 Å². The standard InChI is InChI=1S/C20H23F2N3O/c1-13-10-14(2)19(15(3)11-13)23-20(26)25-8-6-24(7-9-25)16-4-5-17(21)18(22)12-16/h4-5,10-12H,6-9H2,1-3H3,(H,23,26). The average Bonchev–Trinajstić information content (AvgIpc) is 2.60. The van der Waals surface area contributed by atoms with Crippen LogP contribution < -0.4 is 10.2 Å². The van der Waals surface area contributed by atoms with E-state index < -0.39 is 11.6 Å². The van der Waals surface area contributed by atoms with E-state index in [1.807, 2.05) is 37.8 Å². The van der Waals surface area contributed by atoms with Gasteiger partial charge in [0.1, 0.15) is 0 Å². The SMILES string of the molecule is Cc1cc(C)c(NC(=O)N2CCN(c3ccc(F)c(F)c3)CC2)c(C)c1. The van der Waals surface area contributed by atoms with Crippen LogP contribution in [0.1, 0.15) is 16.7 Å². The number of rotatable bonds is 2. The van der Waals surface area contributed by atoms with Gasteiger partial charge >= 0.3 is 6.03 Å². The fraction of sp³-hybridized carbons (Fsp3) is 0.350. The van der Waals surface area contributed by atoms with Crippen LogP contribution in [0.2, 0.25) is 0 Å². The first kappa shape index (κ1) is 18.2. The van der Waals surface area contributed by atoms with E-state index in [1.54, 1.807) is 11.0 Å². The van der Waals surface area contributed by atoms with Gasteiger partial charge in [-0.2, -0.15) is 0 Å². The van der Waals surface area contributed by atoms with Crippen LogP contribution in [0.15, 0.2) is 30.3 Å². The van der Waals surface area contributed by atoms with E-state index in [1.165, 1.54) is 6.07 Å². The van der Waals surface area contributed by atoms with Crippen LogP contribution in [0.3, 0.4) is 0 Å². The molecule has 1 aliphatic rings. The predicted octanol–water partition coefficient (Wildman–Crippen LogP) is 4.24. The van der Waals surface area contributed by atoms with Crippen LogP contribution in [0, 0.1) is 32.4 Å². The highest BCUT2D eigenvalue weighted by Crippen LogP contribution is 2.23. The number of hydrogen-bond acceptors (Lipinski definition) is 2. The van der Waals surface area contributed by atoms with E-state index >= 15 is 0 Å². The monoisotopic (exact) mass is 359 g/mol. The summed E-state index contributed by atoms with van der Waals surface area (Å²) >= 11 is 0. The first-order valence-electron chi connectivity index (χ1n) is 8.69. The van der Waals surface area contributed by atoms with Crippen LogP contribution in [0.5, 0.6) is 0 Å². The van der Waals surface area contributed by atoms with Crippen molar-refractivity contribution in [2.45, 2.75) is 20.8 Å². The molecule has 0 saturated carbocycles. The van der Waals surface area contributed by atoms with Crippen molar-refractivity contribution in [1.29, 1.82) is 0 Å². The van der Waals surface area contributed by atoms with Gasteiger partial charge in [-0.15, -0.1) is 0 Å². The lowest BCUT2D eigenvalue weighted by Crippen LogP contribution is -2.50. The predicted molar refractivity (Wildman–Crippen MR) is 99.8 cm³/mol. The van der Waals surface area contributed by atoms with Crippen LogP contribution in [0.25, 0.3) is 0 Å². The molecule has 0 unspecified atom stereocenters. The Morgan fingerprint density at radius 1 is 0.923 bits per heavy atom. The number of anilines is 2. The highest BCUT2D eigenvalue weighted by molar-refractivity contribution is 5.91. The molecular weight excluding hydrogens is 336 g/mol. The molecule has 0 spiro atoms. The first-order chi connectivity index (χ1) is 12.3. The zero-order valence-electron chi connectivity index (χ0n) is 15.3. The van der Waals surface area contributed by atoms with Crippen molar-refractivity contribution in [1.82, 2.24) is 4.90 Å². The molecule has 6 heteroatoms. The molecule has 0 aliphatic carbocycles. The van der Waals surface area contributed by atoms with Gasteiger partial charge in [-0.25, -0.2) is 13.6 Å². The molecule has 26 heavy (non-hydrogen) atoms. The second-order valence-corrected chi connectivity index (χ2v) is 6.78. The molecule has 2 amide bonds. The van der Waals surface area contributed by atoms with Gasteiger partial charge in [0.25, 0.3) is 0 Å². The van der Waals surface area contributed by atoms with E-state index in [-0.39, 0.29) is 6.03 Å². The number of aryl methyl sites for hydroxylation is 3. The number of carbonyl (C=O) groups excluding carboxylic acids is 1. The molecule has 4 nitrogen and oxygen atoms in total. The van der Waals surface area contributed by atoms with Crippen molar-refractivity contribution in [2.75, 3.05) is 36.4 Å². The minimum absolute atomic E-state index is 0.134. The molecule has 1 saturated heterocycles. The van der Waals surface area contributed by atoms with Crippen LogP contribution in [0.4, 0.5) is 25.0 Å².